The maximum Gasteiger partial charge on any atom is 0.274 e. The smallest absolute Gasteiger partial charge is 0.274 e. The van der Waals surface area contributed by atoms with Crippen LogP contribution < -0.4 is 10.1 Å². The van der Waals surface area contributed by atoms with E-state index in [0.717, 1.165) is 5.56 Å². The minimum Gasteiger partial charge on any atom is -0.484 e. The molecule has 1 amide bonds. The second kappa shape index (κ2) is 6.71. The van der Waals surface area contributed by atoms with Gasteiger partial charge >= 0.3 is 0 Å². The Bertz CT molecular complexity index is 696. The second-order valence-corrected chi connectivity index (χ2v) is 4.86. The highest BCUT2D eigenvalue weighted by atomic mass is 16.6. The molecule has 6 nitrogen and oxygen atoms in total. The Balaban J connectivity index is 1.99. The van der Waals surface area contributed by atoms with Gasteiger partial charge in [-0.15, -0.1) is 0 Å². The molecular formula is C16H16N2O4. The summed E-state index contributed by atoms with van der Waals surface area (Å²) in [5, 5.41) is 13.5. The van der Waals surface area contributed by atoms with Gasteiger partial charge in [0.25, 0.3) is 11.6 Å². The molecule has 2 aromatic carbocycles. The van der Waals surface area contributed by atoms with Crippen LogP contribution in [-0.2, 0) is 4.79 Å². The first-order valence-corrected chi connectivity index (χ1v) is 6.70. The molecule has 0 unspecified atom stereocenters. The van der Waals surface area contributed by atoms with E-state index in [2.05, 4.69) is 5.32 Å². The number of carbonyl (C=O) groups is 1. The highest BCUT2D eigenvalue weighted by Gasteiger charge is 2.14. The predicted octanol–water partition coefficient (Wildman–Crippen LogP) is 3.23. The van der Waals surface area contributed by atoms with E-state index in [1.165, 1.54) is 12.1 Å². The van der Waals surface area contributed by atoms with E-state index in [0.29, 0.717) is 17.0 Å². The van der Waals surface area contributed by atoms with E-state index in [4.69, 9.17) is 4.74 Å². The maximum atomic E-state index is 11.9. The van der Waals surface area contributed by atoms with Gasteiger partial charge in [0.2, 0.25) is 0 Å². The van der Waals surface area contributed by atoms with Crippen LogP contribution in [-0.4, -0.2) is 17.4 Å². The molecule has 1 N–H and O–H groups in total. The summed E-state index contributed by atoms with van der Waals surface area (Å²) in [5.41, 5.74) is 1.89. The monoisotopic (exact) mass is 300 g/mol. The normalized spacial score (nSPS) is 10.1. The number of amides is 1. The van der Waals surface area contributed by atoms with Crippen molar-refractivity contribution in [1.29, 1.82) is 0 Å². The topological polar surface area (TPSA) is 81.5 Å². The van der Waals surface area contributed by atoms with Crippen LogP contribution in [0.1, 0.15) is 11.1 Å². The van der Waals surface area contributed by atoms with Gasteiger partial charge < -0.3 is 10.1 Å². The fraction of sp³-hybridized carbons (Fsp3) is 0.188. The minimum absolute atomic E-state index is 0.0303. The van der Waals surface area contributed by atoms with Crippen LogP contribution in [0.3, 0.4) is 0 Å². The van der Waals surface area contributed by atoms with Crippen LogP contribution in [0.25, 0.3) is 0 Å². The summed E-state index contributed by atoms with van der Waals surface area (Å²) in [7, 11) is 0. The Hall–Kier alpha value is -2.89. The molecule has 2 rings (SSSR count). The van der Waals surface area contributed by atoms with Crippen LogP contribution >= 0.6 is 0 Å². The average Bonchev–Trinajstić information content (AvgIpc) is 2.48. The van der Waals surface area contributed by atoms with E-state index in [-0.39, 0.29) is 18.2 Å². The summed E-state index contributed by atoms with van der Waals surface area (Å²) in [6, 6.07) is 11.9. The molecule has 0 radical (unpaired) electrons. The molecule has 114 valence electrons. The van der Waals surface area contributed by atoms with Gasteiger partial charge in [-0.25, -0.2) is 0 Å². The van der Waals surface area contributed by atoms with Crippen molar-refractivity contribution in [2.45, 2.75) is 13.8 Å². The van der Waals surface area contributed by atoms with E-state index < -0.39 is 4.92 Å². The quantitative estimate of drug-likeness (QED) is 0.679. The van der Waals surface area contributed by atoms with Crippen molar-refractivity contribution in [2.24, 2.45) is 0 Å². The van der Waals surface area contributed by atoms with Crippen LogP contribution in [0.15, 0.2) is 42.5 Å². The fourth-order valence-electron chi connectivity index (χ4n) is 1.93. The number of nitro groups is 1. The Morgan fingerprint density at radius 3 is 2.50 bits per heavy atom. The van der Waals surface area contributed by atoms with Crippen LogP contribution in [0.2, 0.25) is 0 Å². The van der Waals surface area contributed by atoms with Gasteiger partial charge in [-0.3, -0.25) is 14.9 Å². The summed E-state index contributed by atoms with van der Waals surface area (Å²) in [5.74, 6) is 0.223. The van der Waals surface area contributed by atoms with Crippen LogP contribution in [0, 0.1) is 24.0 Å². The lowest BCUT2D eigenvalue weighted by molar-refractivity contribution is -0.385. The zero-order valence-corrected chi connectivity index (χ0v) is 12.3. The highest BCUT2D eigenvalue weighted by molar-refractivity contribution is 5.93. The number of hydrogen-bond acceptors (Lipinski definition) is 4. The van der Waals surface area contributed by atoms with Crippen molar-refractivity contribution in [2.75, 3.05) is 11.9 Å². The molecule has 0 saturated heterocycles. The van der Waals surface area contributed by atoms with Crippen LogP contribution in [0.5, 0.6) is 5.75 Å². The molecule has 22 heavy (non-hydrogen) atoms. The Morgan fingerprint density at radius 1 is 1.18 bits per heavy atom. The number of benzene rings is 2. The Labute approximate surface area is 127 Å². The van der Waals surface area contributed by atoms with Gasteiger partial charge in [0.1, 0.15) is 5.75 Å². The van der Waals surface area contributed by atoms with Gasteiger partial charge in [-0.1, -0.05) is 23.8 Å². The number of nitrogens with one attached hydrogen (secondary N) is 1. The average molecular weight is 300 g/mol. The lowest BCUT2D eigenvalue weighted by Crippen LogP contribution is -2.20. The summed E-state index contributed by atoms with van der Waals surface area (Å²) in [6.45, 7) is 3.39. The number of aryl methyl sites for hydroxylation is 1. The number of ether oxygens (including phenoxy) is 1. The molecular weight excluding hydrogens is 284 g/mol. The van der Waals surface area contributed by atoms with Crippen molar-refractivity contribution in [3.05, 3.63) is 63.7 Å². The number of hydrogen-bond donors (Lipinski definition) is 1. The van der Waals surface area contributed by atoms with Gasteiger partial charge in [-0.05, 0) is 32.0 Å². The fourth-order valence-corrected chi connectivity index (χ4v) is 1.93. The third-order valence-electron chi connectivity index (χ3n) is 3.17. The first kappa shape index (κ1) is 15.5. The van der Waals surface area contributed by atoms with Crippen LogP contribution in [0.4, 0.5) is 11.4 Å². The Morgan fingerprint density at radius 2 is 1.86 bits per heavy atom. The SMILES string of the molecule is Cc1ccc(OCC(=O)Nc2cccc([N+](=O)[O-])c2C)cc1. The first-order chi connectivity index (χ1) is 10.5. The van der Waals surface area contributed by atoms with Crippen molar-refractivity contribution < 1.29 is 14.5 Å². The number of nitrogens with zero attached hydrogens (tertiary/aromatic N) is 1. The van der Waals surface area contributed by atoms with E-state index >= 15 is 0 Å². The molecule has 0 aliphatic carbocycles. The third-order valence-corrected chi connectivity index (χ3v) is 3.17. The summed E-state index contributed by atoms with van der Waals surface area (Å²) in [4.78, 5) is 22.3. The van der Waals surface area contributed by atoms with E-state index in [1.54, 1.807) is 25.1 Å². The van der Waals surface area contributed by atoms with Crippen molar-refractivity contribution in [3.63, 3.8) is 0 Å². The molecule has 0 saturated carbocycles. The van der Waals surface area contributed by atoms with E-state index in [9.17, 15) is 14.9 Å². The van der Waals surface area contributed by atoms with Crippen molar-refractivity contribution in [3.8, 4) is 5.75 Å². The van der Waals surface area contributed by atoms with Gasteiger partial charge in [0.05, 0.1) is 16.2 Å². The Kier molecular flexibility index (Phi) is 4.73. The second-order valence-electron chi connectivity index (χ2n) is 4.86. The van der Waals surface area contributed by atoms with E-state index in [1.807, 2.05) is 19.1 Å². The minimum atomic E-state index is -0.478. The molecule has 0 heterocycles. The summed E-state index contributed by atoms with van der Waals surface area (Å²) >= 11 is 0. The molecule has 0 spiro atoms. The molecule has 0 aliphatic heterocycles. The molecule has 0 bridgehead atoms. The third kappa shape index (κ3) is 3.82. The maximum absolute atomic E-state index is 11.9. The molecule has 0 atom stereocenters. The zero-order valence-electron chi connectivity index (χ0n) is 12.3. The summed E-state index contributed by atoms with van der Waals surface area (Å²) < 4.78 is 5.37. The molecule has 0 fully saturated rings. The molecule has 6 heteroatoms. The first-order valence-electron chi connectivity index (χ1n) is 6.70. The standard InChI is InChI=1S/C16H16N2O4/c1-11-6-8-13(9-7-11)22-10-16(19)17-14-4-3-5-15(12(14)2)18(20)21/h3-9H,10H2,1-2H3,(H,17,19). The van der Waals surface area contributed by atoms with Gasteiger partial charge in [-0.2, -0.15) is 0 Å². The largest absolute Gasteiger partial charge is 0.484 e. The lowest BCUT2D eigenvalue weighted by Gasteiger charge is -2.10. The highest BCUT2D eigenvalue weighted by Crippen LogP contribution is 2.24. The molecule has 0 aliphatic rings. The van der Waals surface area contributed by atoms with Crippen molar-refractivity contribution >= 4 is 17.3 Å². The summed E-state index contributed by atoms with van der Waals surface area (Å²) in [6.07, 6.45) is 0. The van der Waals surface area contributed by atoms with Gasteiger partial charge in [0, 0.05) is 6.07 Å². The number of nitro benzene ring substituents is 1. The van der Waals surface area contributed by atoms with Gasteiger partial charge in [0.15, 0.2) is 6.61 Å². The predicted molar refractivity (Wildman–Crippen MR) is 83.1 cm³/mol. The number of rotatable bonds is 5. The molecule has 2 aromatic rings. The number of anilines is 1. The number of carbonyl (C=O) groups excluding carboxylic acids is 1. The molecule has 0 aromatic heterocycles. The van der Waals surface area contributed by atoms with Crippen molar-refractivity contribution in [1.82, 2.24) is 0 Å². The zero-order chi connectivity index (χ0) is 16.1. The lowest BCUT2D eigenvalue weighted by atomic mass is 10.1.